The molecule has 4 bridgehead atoms. The Hall–Kier alpha value is -2.52. The minimum Gasteiger partial charge on any atom is -0.465 e. The van der Waals surface area contributed by atoms with Crippen LogP contribution in [0.3, 0.4) is 0 Å². The number of anilines is 1. The van der Waals surface area contributed by atoms with E-state index < -0.39 is 35.3 Å². The van der Waals surface area contributed by atoms with Crippen molar-refractivity contribution in [2.75, 3.05) is 18.5 Å². The topological polar surface area (TPSA) is 99.8 Å². The molecule has 4 aliphatic carbocycles. The van der Waals surface area contributed by atoms with Crippen LogP contribution in [0.2, 0.25) is 0 Å². The number of carbonyl (C=O) groups excluding carboxylic acids is 1. The summed E-state index contributed by atoms with van der Waals surface area (Å²) < 4.78 is 41.1. The summed E-state index contributed by atoms with van der Waals surface area (Å²) in [5.41, 5.74) is 4.48. The first-order chi connectivity index (χ1) is 15.5. The molecule has 5 aliphatic rings. The van der Waals surface area contributed by atoms with Crippen molar-refractivity contribution in [1.29, 1.82) is 0 Å². The lowest BCUT2D eigenvalue weighted by Crippen LogP contribution is -2.62. The number of hydrogen-bond acceptors (Lipinski definition) is 4. The second-order valence-corrected chi connectivity index (χ2v) is 10.5. The van der Waals surface area contributed by atoms with Crippen LogP contribution >= 0.6 is 0 Å². The van der Waals surface area contributed by atoms with E-state index in [9.17, 15) is 27.9 Å². The summed E-state index contributed by atoms with van der Waals surface area (Å²) in [5.74, 6) is 0.266. The van der Waals surface area contributed by atoms with E-state index in [1.807, 2.05) is 0 Å². The molecule has 0 spiro atoms. The molecule has 7 nitrogen and oxygen atoms in total. The third-order valence-corrected chi connectivity index (χ3v) is 8.85. The summed E-state index contributed by atoms with van der Waals surface area (Å²) >= 11 is 0. The van der Waals surface area contributed by atoms with Gasteiger partial charge in [-0.05, 0) is 74.3 Å². The standard InChI is InChI=1S/C23H29F3N4O3/c1-29(19-15(23(24,25)26)3-2-5-28-19)16-4-6-30(21(32)33)18(16)17-13-7-12-8-14(17)11-22(9-12,10-13)20(27)31/h2-3,5,12-14,16-18H,4,6-11H2,1H3,(H2,27,31)(H,32,33)/t12?,13-,14?,16?,17?,18?,22-/m0/s1. The zero-order chi connectivity index (χ0) is 23.7. The lowest BCUT2D eigenvalue weighted by atomic mass is 9.44. The number of carbonyl (C=O) groups is 2. The minimum atomic E-state index is -4.56. The summed E-state index contributed by atoms with van der Waals surface area (Å²) in [5, 5.41) is 9.97. The Morgan fingerprint density at radius 1 is 1.24 bits per heavy atom. The van der Waals surface area contributed by atoms with Gasteiger partial charge in [-0.1, -0.05) is 0 Å². The molecule has 1 saturated heterocycles. The Labute approximate surface area is 190 Å². The lowest BCUT2D eigenvalue weighted by Gasteiger charge is -2.61. The molecule has 33 heavy (non-hydrogen) atoms. The van der Waals surface area contributed by atoms with Gasteiger partial charge in [-0.15, -0.1) is 0 Å². The van der Waals surface area contributed by atoms with E-state index in [1.54, 1.807) is 7.05 Å². The first-order valence-electron chi connectivity index (χ1n) is 11.6. The molecule has 2 heterocycles. The first-order valence-corrected chi connectivity index (χ1v) is 11.6. The fraction of sp³-hybridized carbons (Fsp3) is 0.696. The lowest BCUT2D eigenvalue weighted by molar-refractivity contribution is -0.154. The van der Waals surface area contributed by atoms with E-state index in [4.69, 9.17) is 5.73 Å². The summed E-state index contributed by atoms with van der Waals surface area (Å²) in [4.78, 5) is 31.5. The van der Waals surface area contributed by atoms with Crippen molar-refractivity contribution in [2.45, 2.75) is 56.8 Å². The van der Waals surface area contributed by atoms with Crippen molar-refractivity contribution >= 4 is 17.8 Å². The average Bonchev–Trinajstić information content (AvgIpc) is 3.17. The van der Waals surface area contributed by atoms with E-state index in [2.05, 4.69) is 4.98 Å². The average molecular weight is 467 g/mol. The molecule has 2 amide bonds. The van der Waals surface area contributed by atoms with Crippen LogP contribution < -0.4 is 10.6 Å². The van der Waals surface area contributed by atoms with Gasteiger partial charge in [-0.2, -0.15) is 13.2 Å². The van der Waals surface area contributed by atoms with E-state index in [1.165, 1.54) is 22.1 Å². The Morgan fingerprint density at radius 2 is 1.91 bits per heavy atom. The van der Waals surface area contributed by atoms with E-state index in [0.717, 1.165) is 25.3 Å². The summed E-state index contributed by atoms with van der Waals surface area (Å²) in [6.45, 7) is 0.267. The highest BCUT2D eigenvalue weighted by Crippen LogP contribution is 2.64. The minimum absolute atomic E-state index is 0.00174. The van der Waals surface area contributed by atoms with Crippen LogP contribution in [0.25, 0.3) is 0 Å². The number of alkyl halides is 3. The molecule has 1 aromatic rings. The zero-order valence-corrected chi connectivity index (χ0v) is 18.5. The molecule has 1 aromatic heterocycles. The van der Waals surface area contributed by atoms with Gasteiger partial charge in [0.15, 0.2) is 0 Å². The third-order valence-electron chi connectivity index (χ3n) is 8.85. The maximum Gasteiger partial charge on any atom is 0.419 e. The molecular weight excluding hydrogens is 437 g/mol. The predicted molar refractivity (Wildman–Crippen MR) is 113 cm³/mol. The normalized spacial score (nSPS) is 37.4. The van der Waals surface area contributed by atoms with Gasteiger partial charge in [0.25, 0.3) is 0 Å². The molecular formula is C23H29F3N4O3. The SMILES string of the molecule is CN(c1ncccc1C(F)(F)F)C1CCN(C(=O)O)C1C1C2CC3C[C@H]1C[C@@](C(N)=O)(C3)C2. The van der Waals surface area contributed by atoms with Crippen LogP contribution in [0.5, 0.6) is 0 Å². The number of likely N-dealkylation sites (N-methyl/N-ethyl adjacent to an activating group) is 1. The van der Waals surface area contributed by atoms with Crippen LogP contribution in [0, 0.1) is 29.1 Å². The molecule has 0 aromatic carbocycles. The van der Waals surface area contributed by atoms with Gasteiger partial charge in [0.05, 0.1) is 17.6 Å². The van der Waals surface area contributed by atoms with Gasteiger partial charge < -0.3 is 20.6 Å². The maximum absolute atomic E-state index is 13.7. The van der Waals surface area contributed by atoms with Gasteiger partial charge in [0.2, 0.25) is 5.91 Å². The number of pyridine rings is 1. The number of rotatable bonds is 4. The fourth-order valence-electron chi connectivity index (χ4n) is 7.89. The Morgan fingerprint density at radius 3 is 2.48 bits per heavy atom. The number of primary amides is 1. The van der Waals surface area contributed by atoms with Gasteiger partial charge in [0, 0.05) is 25.2 Å². The predicted octanol–water partition coefficient (Wildman–Crippen LogP) is 3.59. The maximum atomic E-state index is 13.7. The second kappa shape index (κ2) is 7.50. The van der Waals surface area contributed by atoms with Crippen molar-refractivity contribution < 1.29 is 27.9 Å². The number of aromatic nitrogens is 1. The molecule has 1 aliphatic heterocycles. The van der Waals surface area contributed by atoms with E-state index in [-0.39, 0.29) is 36.0 Å². The number of amides is 2. The third kappa shape index (κ3) is 3.44. The van der Waals surface area contributed by atoms with Crippen molar-refractivity contribution in [3.63, 3.8) is 0 Å². The Balaban J connectivity index is 1.51. The number of carboxylic acid groups (broad SMARTS) is 1. The first kappa shape index (κ1) is 22.3. The molecule has 7 atom stereocenters. The molecule has 10 heteroatoms. The highest BCUT2D eigenvalue weighted by Gasteiger charge is 2.62. The van der Waals surface area contributed by atoms with Gasteiger partial charge in [-0.25, -0.2) is 9.78 Å². The van der Waals surface area contributed by atoms with Crippen LogP contribution in [-0.4, -0.2) is 52.7 Å². The molecule has 4 saturated carbocycles. The van der Waals surface area contributed by atoms with E-state index in [0.29, 0.717) is 25.2 Å². The van der Waals surface area contributed by atoms with Crippen molar-refractivity contribution in [2.24, 2.45) is 34.8 Å². The molecule has 3 N–H and O–H groups in total. The smallest absolute Gasteiger partial charge is 0.419 e. The largest absolute Gasteiger partial charge is 0.465 e. The highest BCUT2D eigenvalue weighted by molar-refractivity contribution is 5.81. The molecule has 180 valence electrons. The van der Waals surface area contributed by atoms with E-state index >= 15 is 0 Å². The van der Waals surface area contributed by atoms with Crippen LogP contribution in [-0.2, 0) is 11.0 Å². The van der Waals surface area contributed by atoms with Gasteiger partial charge in [0.1, 0.15) is 5.82 Å². The Bertz CT molecular complexity index is 955. The Kier molecular flexibility index (Phi) is 5.06. The number of likely N-dealkylation sites (tertiary alicyclic amines) is 1. The summed E-state index contributed by atoms with van der Waals surface area (Å²) in [6, 6.07) is 1.40. The number of nitrogens with two attached hydrogens (primary N) is 1. The summed E-state index contributed by atoms with van der Waals surface area (Å²) in [7, 11) is 1.58. The molecule has 5 fully saturated rings. The number of hydrogen-bond donors (Lipinski definition) is 2. The van der Waals surface area contributed by atoms with Crippen molar-refractivity contribution in [3.05, 3.63) is 23.9 Å². The number of halogens is 3. The second-order valence-electron chi connectivity index (χ2n) is 10.5. The number of nitrogens with zero attached hydrogens (tertiary/aromatic N) is 3. The van der Waals surface area contributed by atoms with Crippen LogP contribution in [0.15, 0.2) is 18.3 Å². The van der Waals surface area contributed by atoms with Crippen LogP contribution in [0.1, 0.15) is 44.1 Å². The molecule has 0 radical (unpaired) electrons. The quantitative estimate of drug-likeness (QED) is 0.707. The monoisotopic (exact) mass is 466 g/mol. The summed E-state index contributed by atoms with van der Waals surface area (Å²) in [6.07, 6.45) is 0.112. The van der Waals surface area contributed by atoms with Gasteiger partial charge >= 0.3 is 12.3 Å². The van der Waals surface area contributed by atoms with Crippen molar-refractivity contribution in [3.8, 4) is 0 Å². The van der Waals surface area contributed by atoms with Crippen molar-refractivity contribution in [1.82, 2.24) is 9.88 Å². The van der Waals surface area contributed by atoms with Gasteiger partial charge in [-0.3, -0.25) is 4.79 Å². The fourth-order valence-corrected chi connectivity index (χ4v) is 7.89. The zero-order valence-electron chi connectivity index (χ0n) is 18.5. The highest BCUT2D eigenvalue weighted by atomic mass is 19.4. The molecule has 5 unspecified atom stereocenters. The van der Waals surface area contributed by atoms with Crippen LogP contribution in [0.4, 0.5) is 23.8 Å². The molecule has 6 rings (SSSR count).